The second kappa shape index (κ2) is 4.43. The third-order valence-electron chi connectivity index (χ3n) is 3.48. The van der Waals surface area contributed by atoms with Gasteiger partial charge in [-0.15, -0.1) is 0 Å². The molecule has 2 N–H and O–H groups in total. The Bertz CT molecular complexity index is 370. The van der Waals surface area contributed by atoms with Crippen LogP contribution in [0.5, 0.6) is 0 Å². The van der Waals surface area contributed by atoms with Gasteiger partial charge in [-0.1, -0.05) is 12.2 Å². The molecule has 4 atom stereocenters. The molecule has 0 aliphatic heterocycles. The minimum Gasteiger partial charge on any atom is -0.481 e. The van der Waals surface area contributed by atoms with E-state index in [-0.39, 0.29) is 11.8 Å². The summed E-state index contributed by atoms with van der Waals surface area (Å²) in [6.45, 7) is -0.719. The Hall–Kier alpha value is -1.46. The van der Waals surface area contributed by atoms with Gasteiger partial charge in [-0.25, -0.2) is 8.78 Å². The van der Waals surface area contributed by atoms with Gasteiger partial charge in [0.2, 0.25) is 5.91 Å². The highest BCUT2D eigenvalue weighted by atomic mass is 19.3. The maximum atomic E-state index is 12.0. The summed E-state index contributed by atoms with van der Waals surface area (Å²) in [7, 11) is 0. The molecule has 0 aromatic heterocycles. The van der Waals surface area contributed by atoms with Gasteiger partial charge in [0, 0.05) is 0 Å². The first-order valence-electron chi connectivity index (χ1n) is 5.47. The summed E-state index contributed by atoms with van der Waals surface area (Å²) < 4.78 is 24.0. The first kappa shape index (κ1) is 12.0. The van der Waals surface area contributed by atoms with Crippen LogP contribution >= 0.6 is 0 Å². The van der Waals surface area contributed by atoms with Crippen LogP contribution in [0.2, 0.25) is 0 Å². The number of amides is 1. The van der Waals surface area contributed by atoms with E-state index >= 15 is 0 Å². The molecule has 0 radical (unpaired) electrons. The van der Waals surface area contributed by atoms with E-state index in [0.29, 0.717) is 6.42 Å². The zero-order valence-electron chi connectivity index (χ0n) is 8.98. The highest BCUT2D eigenvalue weighted by Crippen LogP contribution is 2.48. The van der Waals surface area contributed by atoms with Gasteiger partial charge in [0.25, 0.3) is 6.43 Å². The van der Waals surface area contributed by atoms with Gasteiger partial charge >= 0.3 is 5.97 Å². The van der Waals surface area contributed by atoms with Gasteiger partial charge in [-0.3, -0.25) is 9.59 Å². The normalized spacial score (nSPS) is 34.3. The van der Waals surface area contributed by atoms with E-state index < -0.39 is 36.7 Å². The minimum atomic E-state index is -2.61. The van der Waals surface area contributed by atoms with Crippen LogP contribution in [0.15, 0.2) is 12.2 Å². The van der Waals surface area contributed by atoms with Gasteiger partial charge < -0.3 is 10.4 Å². The Morgan fingerprint density at radius 2 is 1.88 bits per heavy atom. The second-order valence-electron chi connectivity index (χ2n) is 4.47. The molecule has 2 aliphatic rings. The van der Waals surface area contributed by atoms with E-state index in [1.165, 1.54) is 0 Å². The molecule has 94 valence electrons. The summed E-state index contributed by atoms with van der Waals surface area (Å²) in [4.78, 5) is 22.8. The number of halogens is 2. The number of carbonyl (C=O) groups excluding carboxylic acids is 1. The van der Waals surface area contributed by atoms with Crippen LogP contribution in [0.1, 0.15) is 6.42 Å². The monoisotopic (exact) mass is 245 g/mol. The van der Waals surface area contributed by atoms with Gasteiger partial charge in [0.15, 0.2) is 0 Å². The van der Waals surface area contributed by atoms with Gasteiger partial charge in [-0.05, 0) is 18.3 Å². The van der Waals surface area contributed by atoms with Crippen molar-refractivity contribution >= 4 is 11.9 Å². The molecule has 1 amide bonds. The van der Waals surface area contributed by atoms with Crippen molar-refractivity contribution in [3.63, 3.8) is 0 Å². The van der Waals surface area contributed by atoms with E-state index in [4.69, 9.17) is 5.11 Å². The number of carboxylic acids is 1. The van der Waals surface area contributed by atoms with Crippen molar-refractivity contribution in [2.45, 2.75) is 12.8 Å². The number of fused-ring (bicyclic) bond motifs is 2. The first-order chi connectivity index (χ1) is 8.00. The fourth-order valence-electron chi connectivity index (χ4n) is 2.81. The van der Waals surface area contributed by atoms with Crippen LogP contribution < -0.4 is 5.32 Å². The first-order valence-corrected chi connectivity index (χ1v) is 5.47. The number of carbonyl (C=O) groups is 2. The summed E-state index contributed by atoms with van der Waals surface area (Å²) in [6, 6.07) is 0. The predicted molar refractivity (Wildman–Crippen MR) is 54.4 cm³/mol. The molecular weight excluding hydrogens is 232 g/mol. The van der Waals surface area contributed by atoms with Crippen molar-refractivity contribution in [1.29, 1.82) is 0 Å². The molecule has 0 heterocycles. The van der Waals surface area contributed by atoms with E-state index in [1.807, 2.05) is 6.08 Å². The quantitative estimate of drug-likeness (QED) is 0.723. The third-order valence-corrected chi connectivity index (χ3v) is 3.48. The van der Waals surface area contributed by atoms with Crippen molar-refractivity contribution in [1.82, 2.24) is 5.32 Å². The molecule has 2 rings (SSSR count). The molecule has 4 nitrogen and oxygen atoms in total. The Balaban J connectivity index is 2.06. The zero-order valence-corrected chi connectivity index (χ0v) is 8.98. The number of rotatable bonds is 4. The Kier molecular flexibility index (Phi) is 3.13. The lowest BCUT2D eigenvalue weighted by atomic mass is 9.82. The molecular formula is C11H13F2NO3. The maximum Gasteiger partial charge on any atom is 0.307 e. The zero-order chi connectivity index (χ0) is 12.6. The smallest absolute Gasteiger partial charge is 0.307 e. The molecule has 2 bridgehead atoms. The lowest BCUT2D eigenvalue weighted by molar-refractivity contribution is -0.147. The Morgan fingerprint density at radius 1 is 1.29 bits per heavy atom. The maximum absolute atomic E-state index is 12.0. The van der Waals surface area contributed by atoms with Crippen molar-refractivity contribution in [2.24, 2.45) is 23.7 Å². The fourth-order valence-corrected chi connectivity index (χ4v) is 2.81. The Labute approximate surface area is 96.7 Å². The van der Waals surface area contributed by atoms with Crippen LogP contribution in [0, 0.1) is 23.7 Å². The van der Waals surface area contributed by atoms with Crippen LogP contribution in [0.25, 0.3) is 0 Å². The van der Waals surface area contributed by atoms with E-state index in [1.54, 1.807) is 6.08 Å². The van der Waals surface area contributed by atoms with Crippen molar-refractivity contribution in [3.8, 4) is 0 Å². The lowest BCUT2D eigenvalue weighted by Crippen LogP contribution is -2.41. The topological polar surface area (TPSA) is 66.4 Å². The van der Waals surface area contributed by atoms with Crippen LogP contribution in [-0.4, -0.2) is 30.0 Å². The Morgan fingerprint density at radius 3 is 2.41 bits per heavy atom. The molecule has 0 aromatic carbocycles. The molecule has 4 unspecified atom stereocenters. The molecule has 0 spiro atoms. The number of hydrogen-bond acceptors (Lipinski definition) is 2. The fraction of sp³-hybridized carbons (Fsp3) is 0.636. The number of hydrogen-bond donors (Lipinski definition) is 2. The number of aliphatic carboxylic acids is 1. The SMILES string of the molecule is O=C(O)C1C2C=CC(C2)C1C(=O)NCC(F)F. The molecule has 0 aromatic rings. The molecule has 1 saturated carbocycles. The average molecular weight is 245 g/mol. The van der Waals surface area contributed by atoms with Crippen molar-refractivity contribution < 1.29 is 23.5 Å². The molecule has 6 heteroatoms. The highest BCUT2D eigenvalue weighted by Gasteiger charge is 2.51. The lowest BCUT2D eigenvalue weighted by Gasteiger charge is -2.23. The average Bonchev–Trinajstić information content (AvgIpc) is 2.84. The summed E-state index contributed by atoms with van der Waals surface area (Å²) in [5.74, 6) is -3.35. The minimum absolute atomic E-state index is 0.126. The summed E-state index contributed by atoms with van der Waals surface area (Å²) in [5.41, 5.74) is 0. The van der Waals surface area contributed by atoms with Crippen molar-refractivity contribution in [2.75, 3.05) is 6.54 Å². The molecule has 0 saturated heterocycles. The third kappa shape index (κ3) is 2.16. The largest absolute Gasteiger partial charge is 0.481 e. The molecule has 1 fully saturated rings. The highest BCUT2D eigenvalue weighted by molar-refractivity contribution is 5.86. The van der Waals surface area contributed by atoms with Gasteiger partial charge in [0.05, 0.1) is 18.4 Å². The van der Waals surface area contributed by atoms with Crippen LogP contribution in [-0.2, 0) is 9.59 Å². The van der Waals surface area contributed by atoms with Crippen molar-refractivity contribution in [3.05, 3.63) is 12.2 Å². The number of carboxylic acid groups (broad SMARTS) is 1. The van der Waals surface area contributed by atoms with Gasteiger partial charge in [0.1, 0.15) is 0 Å². The summed E-state index contributed by atoms with van der Waals surface area (Å²) >= 11 is 0. The number of alkyl halides is 2. The predicted octanol–water partition coefficient (Wildman–Crippen LogP) is 0.891. The van der Waals surface area contributed by atoms with Crippen LogP contribution in [0.4, 0.5) is 8.78 Å². The summed E-state index contributed by atoms with van der Waals surface area (Å²) in [6.07, 6.45) is 1.64. The standard InChI is InChI=1S/C11H13F2NO3/c12-7(13)4-14-10(15)8-5-1-2-6(3-5)9(8)11(16)17/h1-2,5-9H,3-4H2,(H,14,15)(H,16,17). The summed E-state index contributed by atoms with van der Waals surface area (Å²) in [5, 5.41) is 11.2. The number of allylic oxidation sites excluding steroid dienone is 2. The van der Waals surface area contributed by atoms with E-state index in [9.17, 15) is 18.4 Å². The van der Waals surface area contributed by atoms with E-state index in [2.05, 4.69) is 5.32 Å². The second-order valence-corrected chi connectivity index (χ2v) is 4.47. The van der Waals surface area contributed by atoms with Gasteiger partial charge in [-0.2, -0.15) is 0 Å². The molecule has 2 aliphatic carbocycles. The molecule has 17 heavy (non-hydrogen) atoms. The van der Waals surface area contributed by atoms with E-state index in [0.717, 1.165) is 0 Å². The number of nitrogens with one attached hydrogen (secondary N) is 1. The van der Waals surface area contributed by atoms with Crippen LogP contribution in [0.3, 0.4) is 0 Å².